The Bertz CT molecular complexity index is 470. The molecular formula is C16H34N4O2S. The molecule has 1 aliphatic carbocycles. The number of aliphatic imine (C=N–C) groups is 1. The zero-order valence-corrected chi connectivity index (χ0v) is 15.9. The normalized spacial score (nSPS) is 17.9. The summed E-state index contributed by atoms with van der Waals surface area (Å²) in [5.41, 5.74) is 0.433. The fraction of sp³-hybridized carbons (Fsp3) is 0.938. The smallest absolute Gasteiger partial charge is 0.211 e. The van der Waals surface area contributed by atoms with Crippen molar-refractivity contribution in [1.29, 1.82) is 0 Å². The first kappa shape index (κ1) is 20.2. The minimum absolute atomic E-state index is 0.127. The van der Waals surface area contributed by atoms with E-state index >= 15 is 0 Å². The summed E-state index contributed by atoms with van der Waals surface area (Å²) in [6.45, 7) is 8.32. The molecule has 1 saturated carbocycles. The van der Waals surface area contributed by atoms with Crippen LogP contribution < -0.4 is 15.4 Å². The number of nitrogens with zero attached hydrogens (tertiary/aromatic N) is 1. The van der Waals surface area contributed by atoms with Gasteiger partial charge in [-0.05, 0) is 43.9 Å². The van der Waals surface area contributed by atoms with Crippen molar-refractivity contribution < 1.29 is 8.42 Å². The number of nitrogens with one attached hydrogen (secondary N) is 3. The van der Waals surface area contributed by atoms with Crippen molar-refractivity contribution in [3.63, 3.8) is 0 Å². The molecular weight excluding hydrogens is 312 g/mol. The van der Waals surface area contributed by atoms with Gasteiger partial charge in [0.15, 0.2) is 5.96 Å². The van der Waals surface area contributed by atoms with Gasteiger partial charge >= 0.3 is 0 Å². The second kappa shape index (κ2) is 9.47. The molecule has 0 aromatic carbocycles. The molecule has 0 aromatic heterocycles. The SMILES string of the molecule is CCS(=O)(=O)NCCCNC(=NC)NCC1(CC(C)C)CCC1. The highest BCUT2D eigenvalue weighted by atomic mass is 32.2. The molecule has 3 N–H and O–H groups in total. The summed E-state index contributed by atoms with van der Waals surface area (Å²) in [4.78, 5) is 4.25. The molecule has 0 heterocycles. The zero-order chi connectivity index (χ0) is 17.3. The number of sulfonamides is 1. The maximum atomic E-state index is 11.3. The van der Waals surface area contributed by atoms with Gasteiger partial charge in [0.05, 0.1) is 5.75 Å². The first-order valence-corrected chi connectivity index (χ1v) is 10.4. The molecule has 136 valence electrons. The topological polar surface area (TPSA) is 82.6 Å². The zero-order valence-electron chi connectivity index (χ0n) is 15.1. The highest BCUT2D eigenvalue weighted by Gasteiger charge is 2.37. The maximum absolute atomic E-state index is 11.3. The fourth-order valence-corrected chi connectivity index (χ4v) is 3.77. The van der Waals surface area contributed by atoms with E-state index in [9.17, 15) is 8.42 Å². The summed E-state index contributed by atoms with van der Waals surface area (Å²) in [6, 6.07) is 0. The molecule has 0 aliphatic heterocycles. The average molecular weight is 347 g/mol. The first-order valence-electron chi connectivity index (χ1n) is 8.74. The van der Waals surface area contributed by atoms with Gasteiger partial charge in [0.2, 0.25) is 10.0 Å². The van der Waals surface area contributed by atoms with E-state index in [1.54, 1.807) is 14.0 Å². The number of hydrogen-bond donors (Lipinski definition) is 3. The Hall–Kier alpha value is -0.820. The van der Waals surface area contributed by atoms with Crippen LogP contribution in [-0.4, -0.2) is 46.8 Å². The van der Waals surface area contributed by atoms with Crippen LogP contribution in [0.3, 0.4) is 0 Å². The van der Waals surface area contributed by atoms with E-state index in [1.807, 2.05) is 0 Å². The molecule has 23 heavy (non-hydrogen) atoms. The molecule has 0 radical (unpaired) electrons. The van der Waals surface area contributed by atoms with Crippen LogP contribution in [0.2, 0.25) is 0 Å². The molecule has 0 amide bonds. The van der Waals surface area contributed by atoms with Gasteiger partial charge < -0.3 is 10.6 Å². The van der Waals surface area contributed by atoms with Crippen LogP contribution in [0.1, 0.15) is 52.9 Å². The molecule has 1 rings (SSSR count). The minimum Gasteiger partial charge on any atom is -0.356 e. The molecule has 0 aromatic rings. The van der Waals surface area contributed by atoms with Crippen LogP contribution in [0, 0.1) is 11.3 Å². The van der Waals surface area contributed by atoms with Gasteiger partial charge in [-0.15, -0.1) is 0 Å². The van der Waals surface area contributed by atoms with Gasteiger partial charge in [0, 0.05) is 26.7 Å². The Labute approximate surface area is 142 Å². The Kier molecular flexibility index (Phi) is 8.33. The maximum Gasteiger partial charge on any atom is 0.211 e. The lowest BCUT2D eigenvalue weighted by Crippen LogP contribution is -2.47. The van der Waals surface area contributed by atoms with Gasteiger partial charge in [-0.2, -0.15) is 0 Å². The van der Waals surface area contributed by atoms with E-state index in [-0.39, 0.29) is 5.75 Å². The molecule has 6 nitrogen and oxygen atoms in total. The van der Waals surface area contributed by atoms with Gasteiger partial charge in [0.25, 0.3) is 0 Å². The van der Waals surface area contributed by atoms with Crippen molar-refractivity contribution >= 4 is 16.0 Å². The Morgan fingerprint density at radius 2 is 1.91 bits per heavy atom. The van der Waals surface area contributed by atoms with Gasteiger partial charge in [-0.3, -0.25) is 4.99 Å². The quantitative estimate of drug-likeness (QED) is 0.319. The number of hydrogen-bond acceptors (Lipinski definition) is 3. The highest BCUT2D eigenvalue weighted by molar-refractivity contribution is 7.89. The Morgan fingerprint density at radius 1 is 1.22 bits per heavy atom. The molecule has 0 saturated heterocycles. The Balaban J connectivity index is 2.25. The summed E-state index contributed by atoms with van der Waals surface area (Å²) < 4.78 is 25.2. The fourth-order valence-electron chi connectivity index (χ4n) is 3.11. The van der Waals surface area contributed by atoms with E-state index in [0.717, 1.165) is 24.8 Å². The minimum atomic E-state index is -3.09. The standard InChI is InChI=1S/C16H34N4O2S/c1-5-23(21,22)20-11-7-10-18-15(17-4)19-13-16(8-6-9-16)12-14(2)3/h14,20H,5-13H2,1-4H3,(H2,17,18,19). The third-order valence-electron chi connectivity index (χ3n) is 4.46. The number of guanidine groups is 1. The lowest BCUT2D eigenvalue weighted by Gasteiger charge is -2.43. The molecule has 1 aliphatic rings. The van der Waals surface area contributed by atoms with Crippen molar-refractivity contribution in [2.45, 2.75) is 52.9 Å². The van der Waals surface area contributed by atoms with Crippen LogP contribution in [0.25, 0.3) is 0 Å². The van der Waals surface area contributed by atoms with Crippen LogP contribution in [0.15, 0.2) is 4.99 Å². The van der Waals surface area contributed by atoms with Crippen LogP contribution >= 0.6 is 0 Å². The van der Waals surface area contributed by atoms with E-state index < -0.39 is 10.0 Å². The lowest BCUT2D eigenvalue weighted by atomic mass is 9.64. The summed E-state index contributed by atoms with van der Waals surface area (Å²) in [6.07, 6.45) is 5.92. The van der Waals surface area contributed by atoms with Crippen LogP contribution in [0.4, 0.5) is 0 Å². The summed E-state index contributed by atoms with van der Waals surface area (Å²) in [5.74, 6) is 1.65. The summed E-state index contributed by atoms with van der Waals surface area (Å²) >= 11 is 0. The van der Waals surface area contributed by atoms with E-state index in [4.69, 9.17) is 0 Å². The molecule has 7 heteroatoms. The molecule has 0 atom stereocenters. The van der Waals surface area contributed by atoms with Crippen LogP contribution in [-0.2, 0) is 10.0 Å². The van der Waals surface area contributed by atoms with E-state index in [0.29, 0.717) is 18.5 Å². The highest BCUT2D eigenvalue weighted by Crippen LogP contribution is 2.45. The van der Waals surface area contributed by atoms with Crippen molar-refractivity contribution in [2.75, 3.05) is 32.4 Å². The van der Waals surface area contributed by atoms with Gasteiger partial charge in [-0.1, -0.05) is 20.3 Å². The summed E-state index contributed by atoms with van der Waals surface area (Å²) in [7, 11) is -1.32. The number of rotatable bonds is 10. The predicted molar refractivity (Wildman–Crippen MR) is 97.2 cm³/mol. The largest absolute Gasteiger partial charge is 0.356 e. The monoisotopic (exact) mass is 346 g/mol. The summed E-state index contributed by atoms with van der Waals surface area (Å²) in [5, 5.41) is 6.69. The molecule has 1 fully saturated rings. The van der Waals surface area contributed by atoms with Gasteiger partial charge in [-0.25, -0.2) is 13.1 Å². The van der Waals surface area contributed by atoms with Crippen molar-refractivity contribution in [3.8, 4) is 0 Å². The Morgan fingerprint density at radius 3 is 2.39 bits per heavy atom. The molecule has 0 spiro atoms. The first-order chi connectivity index (χ1) is 10.8. The van der Waals surface area contributed by atoms with Crippen molar-refractivity contribution in [3.05, 3.63) is 0 Å². The third kappa shape index (κ3) is 7.52. The van der Waals surface area contributed by atoms with Crippen LogP contribution in [0.5, 0.6) is 0 Å². The van der Waals surface area contributed by atoms with E-state index in [2.05, 4.69) is 34.2 Å². The predicted octanol–water partition coefficient (Wildman–Crippen LogP) is 1.70. The molecule has 0 unspecified atom stereocenters. The average Bonchev–Trinajstić information content (AvgIpc) is 2.46. The van der Waals surface area contributed by atoms with Gasteiger partial charge in [0.1, 0.15) is 0 Å². The van der Waals surface area contributed by atoms with Crippen molar-refractivity contribution in [2.24, 2.45) is 16.3 Å². The van der Waals surface area contributed by atoms with Crippen molar-refractivity contribution in [1.82, 2.24) is 15.4 Å². The second-order valence-electron chi connectivity index (χ2n) is 6.96. The van der Waals surface area contributed by atoms with E-state index in [1.165, 1.54) is 25.7 Å². The second-order valence-corrected chi connectivity index (χ2v) is 9.05. The lowest BCUT2D eigenvalue weighted by molar-refractivity contribution is 0.104. The molecule has 0 bridgehead atoms. The third-order valence-corrected chi connectivity index (χ3v) is 5.86.